The molecule has 0 aromatic rings. The van der Waals surface area contributed by atoms with Gasteiger partial charge in [0.2, 0.25) is 5.78 Å². The van der Waals surface area contributed by atoms with Crippen LogP contribution in [0.25, 0.3) is 0 Å². The predicted octanol–water partition coefficient (Wildman–Crippen LogP) is 0.108. The summed E-state index contributed by atoms with van der Waals surface area (Å²) in [5, 5.41) is 7.64. The SMILES string of the molecule is CC(=O)C(=O)O.[CH3-].[Y]. The Hall–Kier alpha value is 0.244. The molecule has 0 aromatic heterocycles. The molecule has 0 saturated carbocycles. The van der Waals surface area contributed by atoms with Crippen LogP contribution in [0.4, 0.5) is 0 Å². The number of carbonyl (C=O) groups excluding carboxylic acids is 1. The van der Waals surface area contributed by atoms with Crippen LogP contribution in [0.2, 0.25) is 0 Å². The van der Waals surface area contributed by atoms with Crippen LogP contribution in [0.15, 0.2) is 0 Å². The maximum atomic E-state index is 9.54. The van der Waals surface area contributed by atoms with Gasteiger partial charge in [0.05, 0.1) is 0 Å². The molecule has 0 rings (SSSR count). The van der Waals surface area contributed by atoms with Crippen molar-refractivity contribution in [2.24, 2.45) is 0 Å². The van der Waals surface area contributed by atoms with Crippen LogP contribution in [-0.2, 0) is 42.3 Å². The van der Waals surface area contributed by atoms with E-state index < -0.39 is 11.8 Å². The average molecular weight is 192 g/mol. The van der Waals surface area contributed by atoms with Gasteiger partial charge in [-0.2, -0.15) is 0 Å². The summed E-state index contributed by atoms with van der Waals surface area (Å²) < 4.78 is 0. The quantitative estimate of drug-likeness (QED) is 0.473. The van der Waals surface area contributed by atoms with Crippen molar-refractivity contribution in [3.63, 3.8) is 0 Å². The second-order valence-corrected chi connectivity index (χ2v) is 0.861. The molecular weight excluding hydrogens is 185 g/mol. The Morgan fingerprint density at radius 1 is 1.38 bits per heavy atom. The van der Waals surface area contributed by atoms with E-state index in [0.29, 0.717) is 0 Å². The molecule has 0 atom stereocenters. The molecule has 1 radical (unpaired) electrons. The maximum Gasteiger partial charge on any atom is 0.371 e. The van der Waals surface area contributed by atoms with Crippen molar-refractivity contribution in [1.29, 1.82) is 0 Å². The largest absolute Gasteiger partial charge is 0.476 e. The van der Waals surface area contributed by atoms with Crippen LogP contribution in [0, 0.1) is 7.43 Å². The van der Waals surface area contributed by atoms with Gasteiger partial charge in [0, 0.05) is 39.6 Å². The number of Topliss-reactive ketones (excluding diaryl/α,β-unsaturated/α-hetero) is 1. The molecule has 3 nitrogen and oxygen atoms in total. The van der Waals surface area contributed by atoms with Crippen LogP contribution in [0.1, 0.15) is 6.92 Å². The van der Waals surface area contributed by atoms with Gasteiger partial charge in [-0.25, -0.2) is 4.79 Å². The molecule has 0 unspecified atom stereocenters. The Bertz CT molecular complexity index is 77.3. The molecule has 0 aliphatic rings. The molecule has 0 heterocycles. The average Bonchev–Trinajstić information content (AvgIpc) is 1.36. The Morgan fingerprint density at radius 3 is 1.50 bits per heavy atom. The molecule has 0 spiro atoms. The first kappa shape index (κ1) is 15.7. The maximum absolute atomic E-state index is 9.54. The molecule has 45 valence electrons. The number of rotatable bonds is 1. The van der Waals surface area contributed by atoms with Crippen LogP contribution in [0.3, 0.4) is 0 Å². The third-order valence-electron chi connectivity index (χ3n) is 0.301. The predicted molar refractivity (Wildman–Crippen MR) is 24.7 cm³/mol. The van der Waals surface area contributed by atoms with Gasteiger partial charge in [-0.3, -0.25) is 4.79 Å². The number of carboxylic acids is 1. The molecule has 0 fully saturated rings. The normalized spacial score (nSPS) is 5.62. The summed E-state index contributed by atoms with van der Waals surface area (Å²) in [4.78, 5) is 18.9. The van der Waals surface area contributed by atoms with Gasteiger partial charge in [-0.05, 0) is 0 Å². The molecule has 0 aliphatic heterocycles. The van der Waals surface area contributed by atoms with Crippen molar-refractivity contribution in [3.05, 3.63) is 7.43 Å². The minimum Gasteiger partial charge on any atom is -0.476 e. The van der Waals surface area contributed by atoms with E-state index >= 15 is 0 Å². The minimum atomic E-state index is -1.38. The molecule has 0 amide bonds. The summed E-state index contributed by atoms with van der Waals surface area (Å²) in [7, 11) is 0. The third kappa shape index (κ3) is 9.53. The van der Waals surface area contributed by atoms with E-state index in [4.69, 9.17) is 5.11 Å². The summed E-state index contributed by atoms with van der Waals surface area (Å²) in [6.45, 7) is 1.00. The van der Waals surface area contributed by atoms with Gasteiger partial charge in [-0.1, -0.05) is 0 Å². The summed E-state index contributed by atoms with van der Waals surface area (Å²) in [6.07, 6.45) is 0. The number of carbonyl (C=O) groups is 2. The zero-order valence-corrected chi connectivity index (χ0v) is 7.68. The minimum absolute atomic E-state index is 0. The fourth-order valence-corrected chi connectivity index (χ4v) is 0. The van der Waals surface area contributed by atoms with E-state index in [1.165, 1.54) is 0 Å². The van der Waals surface area contributed by atoms with Crippen molar-refractivity contribution < 1.29 is 47.4 Å². The third-order valence-corrected chi connectivity index (χ3v) is 0.301. The zero-order valence-electron chi connectivity index (χ0n) is 4.84. The topological polar surface area (TPSA) is 54.4 Å². The Morgan fingerprint density at radius 2 is 1.50 bits per heavy atom. The molecule has 8 heavy (non-hydrogen) atoms. The fourth-order valence-electron chi connectivity index (χ4n) is 0. The van der Waals surface area contributed by atoms with E-state index in [2.05, 4.69) is 0 Å². The van der Waals surface area contributed by atoms with Crippen molar-refractivity contribution in [1.82, 2.24) is 0 Å². The molecular formula is C4H7O3Y-. The van der Waals surface area contributed by atoms with Gasteiger partial charge in [0.15, 0.2) is 0 Å². The first-order valence-electron chi connectivity index (χ1n) is 1.38. The summed E-state index contributed by atoms with van der Waals surface area (Å²) in [6, 6.07) is 0. The number of carboxylic acid groups (broad SMARTS) is 1. The van der Waals surface area contributed by atoms with Crippen LogP contribution in [-0.4, -0.2) is 16.9 Å². The van der Waals surface area contributed by atoms with Crippen molar-refractivity contribution in [3.8, 4) is 0 Å². The van der Waals surface area contributed by atoms with Crippen molar-refractivity contribution >= 4 is 11.8 Å². The second kappa shape index (κ2) is 7.24. The Balaban J connectivity index is -0.000000125. The number of ketones is 1. The van der Waals surface area contributed by atoms with E-state index in [1.807, 2.05) is 0 Å². The summed E-state index contributed by atoms with van der Waals surface area (Å²) in [5.74, 6) is -2.20. The van der Waals surface area contributed by atoms with Gasteiger partial charge in [0.1, 0.15) is 0 Å². The number of aliphatic carboxylic acids is 1. The fraction of sp³-hybridized carbons (Fsp3) is 0.250. The molecule has 0 aliphatic carbocycles. The molecule has 0 aromatic carbocycles. The van der Waals surface area contributed by atoms with Crippen LogP contribution in [0.5, 0.6) is 0 Å². The Kier molecular flexibility index (Phi) is 14.2. The van der Waals surface area contributed by atoms with E-state index in [-0.39, 0.29) is 40.1 Å². The van der Waals surface area contributed by atoms with E-state index in [9.17, 15) is 9.59 Å². The van der Waals surface area contributed by atoms with Crippen LogP contribution < -0.4 is 0 Å². The van der Waals surface area contributed by atoms with Gasteiger partial charge in [-0.15, -0.1) is 0 Å². The van der Waals surface area contributed by atoms with Gasteiger partial charge in [0.25, 0.3) is 0 Å². The first-order chi connectivity index (χ1) is 2.64. The van der Waals surface area contributed by atoms with Crippen molar-refractivity contribution in [2.45, 2.75) is 6.92 Å². The molecule has 4 heteroatoms. The first-order valence-corrected chi connectivity index (χ1v) is 1.38. The zero-order chi connectivity index (χ0) is 5.15. The van der Waals surface area contributed by atoms with Crippen LogP contribution >= 0.6 is 0 Å². The van der Waals surface area contributed by atoms with Gasteiger partial charge >= 0.3 is 5.97 Å². The van der Waals surface area contributed by atoms with E-state index in [1.54, 1.807) is 0 Å². The monoisotopic (exact) mass is 192 g/mol. The number of hydrogen-bond donors (Lipinski definition) is 1. The molecule has 0 saturated heterocycles. The van der Waals surface area contributed by atoms with Crippen molar-refractivity contribution in [2.75, 3.05) is 0 Å². The second-order valence-electron chi connectivity index (χ2n) is 0.861. The smallest absolute Gasteiger partial charge is 0.371 e. The summed E-state index contributed by atoms with van der Waals surface area (Å²) >= 11 is 0. The molecule has 0 bridgehead atoms. The van der Waals surface area contributed by atoms with Gasteiger partial charge < -0.3 is 12.5 Å². The number of hydrogen-bond acceptors (Lipinski definition) is 2. The standard InChI is InChI=1S/C3H4O3.CH3.Y/c1-2(4)3(5)6;;/h1H3,(H,5,6);1H3;/q;-1;. The summed E-state index contributed by atoms with van der Waals surface area (Å²) in [5.41, 5.74) is 0. The molecule has 1 N–H and O–H groups in total. The Labute approximate surface area is 73.3 Å². The van der Waals surface area contributed by atoms with E-state index in [0.717, 1.165) is 6.92 Å².